The average Bonchev–Trinajstić information content (AvgIpc) is 2.76. The first-order chi connectivity index (χ1) is 13.3. The van der Waals surface area contributed by atoms with E-state index in [4.69, 9.17) is 4.74 Å². The van der Waals surface area contributed by atoms with Gasteiger partial charge in [-0.15, -0.1) is 0 Å². The quantitative estimate of drug-likeness (QED) is 0.893. The fourth-order valence-electron chi connectivity index (χ4n) is 3.58. The topological polar surface area (TPSA) is 70.6 Å². The standard InChI is InChI=1S/C20H25N5O2/c26-19(16-6-14-27-15-7-16)23-17-2-4-18(5-3-17)24-10-12-25(13-11-24)20-21-8-1-9-22-20/h1-5,8-9,16H,6-7,10-15H2,(H,23,26). The van der Waals surface area contributed by atoms with Gasteiger partial charge in [-0.2, -0.15) is 0 Å². The minimum atomic E-state index is 0.0618. The fraction of sp³-hybridized carbons (Fsp3) is 0.450. The highest BCUT2D eigenvalue weighted by Gasteiger charge is 2.22. The molecular formula is C20H25N5O2. The molecule has 2 saturated heterocycles. The van der Waals surface area contributed by atoms with E-state index in [1.807, 2.05) is 18.2 Å². The van der Waals surface area contributed by atoms with E-state index in [0.717, 1.165) is 50.7 Å². The van der Waals surface area contributed by atoms with Gasteiger partial charge in [-0.25, -0.2) is 9.97 Å². The molecule has 142 valence electrons. The van der Waals surface area contributed by atoms with E-state index in [-0.39, 0.29) is 11.8 Å². The smallest absolute Gasteiger partial charge is 0.227 e. The summed E-state index contributed by atoms with van der Waals surface area (Å²) in [6, 6.07) is 9.96. The van der Waals surface area contributed by atoms with Crippen LogP contribution in [0.1, 0.15) is 12.8 Å². The Morgan fingerprint density at radius 2 is 1.59 bits per heavy atom. The Labute approximate surface area is 159 Å². The molecule has 1 aromatic heterocycles. The van der Waals surface area contributed by atoms with Crippen molar-refractivity contribution in [3.8, 4) is 0 Å². The van der Waals surface area contributed by atoms with Crippen molar-refractivity contribution in [1.82, 2.24) is 9.97 Å². The van der Waals surface area contributed by atoms with Gasteiger partial charge in [-0.3, -0.25) is 4.79 Å². The summed E-state index contributed by atoms with van der Waals surface area (Å²) in [5.74, 6) is 0.956. The molecule has 7 nitrogen and oxygen atoms in total. The maximum atomic E-state index is 12.3. The van der Waals surface area contributed by atoms with E-state index in [2.05, 4.69) is 37.2 Å². The van der Waals surface area contributed by atoms with Gasteiger partial charge in [0.1, 0.15) is 0 Å². The minimum Gasteiger partial charge on any atom is -0.381 e. The van der Waals surface area contributed by atoms with Crippen LogP contribution >= 0.6 is 0 Å². The molecule has 0 spiro atoms. The molecule has 0 saturated carbocycles. The molecule has 0 atom stereocenters. The number of piperazine rings is 1. The summed E-state index contributed by atoms with van der Waals surface area (Å²) >= 11 is 0. The van der Waals surface area contributed by atoms with Crippen LogP contribution in [0.4, 0.5) is 17.3 Å². The Morgan fingerprint density at radius 1 is 0.963 bits per heavy atom. The Kier molecular flexibility index (Phi) is 5.48. The second-order valence-electron chi connectivity index (χ2n) is 6.95. The maximum Gasteiger partial charge on any atom is 0.227 e. The SMILES string of the molecule is O=C(Nc1ccc(N2CCN(c3ncccn3)CC2)cc1)C1CCOCC1. The van der Waals surface area contributed by atoms with E-state index < -0.39 is 0 Å². The summed E-state index contributed by atoms with van der Waals surface area (Å²) in [5, 5.41) is 3.03. The highest BCUT2D eigenvalue weighted by atomic mass is 16.5. The number of nitrogens with one attached hydrogen (secondary N) is 1. The lowest BCUT2D eigenvalue weighted by molar-refractivity contribution is -0.122. The number of anilines is 3. The summed E-state index contributed by atoms with van der Waals surface area (Å²) in [6.07, 6.45) is 5.17. The molecule has 4 rings (SSSR count). The molecular weight excluding hydrogens is 342 g/mol. The number of ether oxygens (including phenoxy) is 1. The first-order valence-electron chi connectivity index (χ1n) is 9.55. The van der Waals surface area contributed by atoms with Crippen LogP contribution in [0, 0.1) is 5.92 Å². The number of aromatic nitrogens is 2. The molecule has 2 fully saturated rings. The van der Waals surface area contributed by atoms with Gasteiger partial charge in [0.05, 0.1) is 0 Å². The van der Waals surface area contributed by atoms with Gasteiger partial charge in [-0.05, 0) is 43.2 Å². The normalized spacial score (nSPS) is 18.4. The van der Waals surface area contributed by atoms with Crippen molar-refractivity contribution in [2.45, 2.75) is 12.8 Å². The second kappa shape index (κ2) is 8.35. The van der Waals surface area contributed by atoms with Crippen LogP contribution in [0.3, 0.4) is 0 Å². The molecule has 3 heterocycles. The summed E-state index contributed by atoms with van der Waals surface area (Å²) in [6.45, 7) is 4.99. The maximum absolute atomic E-state index is 12.3. The number of nitrogens with zero attached hydrogens (tertiary/aromatic N) is 4. The van der Waals surface area contributed by atoms with Gasteiger partial charge in [0.2, 0.25) is 11.9 Å². The molecule has 1 amide bonds. The largest absolute Gasteiger partial charge is 0.381 e. The molecule has 0 bridgehead atoms. The molecule has 2 aliphatic rings. The van der Waals surface area contributed by atoms with E-state index in [1.165, 1.54) is 5.69 Å². The second-order valence-corrected chi connectivity index (χ2v) is 6.95. The van der Waals surface area contributed by atoms with Gasteiger partial charge < -0.3 is 19.9 Å². The fourth-order valence-corrected chi connectivity index (χ4v) is 3.58. The van der Waals surface area contributed by atoms with E-state index in [0.29, 0.717) is 13.2 Å². The van der Waals surface area contributed by atoms with E-state index in [1.54, 1.807) is 12.4 Å². The van der Waals surface area contributed by atoms with Gasteiger partial charge in [-0.1, -0.05) is 0 Å². The van der Waals surface area contributed by atoms with Crippen LogP contribution < -0.4 is 15.1 Å². The Morgan fingerprint density at radius 3 is 2.26 bits per heavy atom. The van der Waals surface area contributed by atoms with Gasteiger partial charge in [0.25, 0.3) is 0 Å². The van der Waals surface area contributed by atoms with E-state index >= 15 is 0 Å². The predicted octanol–water partition coefficient (Wildman–Crippen LogP) is 2.17. The number of benzene rings is 1. The number of rotatable bonds is 4. The van der Waals surface area contributed by atoms with Crippen LogP contribution in [0.15, 0.2) is 42.7 Å². The Bertz CT molecular complexity index is 739. The highest BCUT2D eigenvalue weighted by molar-refractivity contribution is 5.92. The van der Waals surface area contributed by atoms with Crippen molar-refractivity contribution in [1.29, 1.82) is 0 Å². The summed E-state index contributed by atoms with van der Waals surface area (Å²) < 4.78 is 5.32. The summed E-state index contributed by atoms with van der Waals surface area (Å²) in [4.78, 5) is 25.5. The molecule has 7 heteroatoms. The number of amides is 1. The van der Waals surface area contributed by atoms with Crippen molar-refractivity contribution in [2.75, 3.05) is 54.5 Å². The molecule has 0 unspecified atom stereocenters. The predicted molar refractivity (Wildman–Crippen MR) is 105 cm³/mol. The van der Waals surface area contributed by atoms with Crippen molar-refractivity contribution in [2.24, 2.45) is 5.92 Å². The molecule has 1 aromatic carbocycles. The molecule has 2 aliphatic heterocycles. The average molecular weight is 367 g/mol. The lowest BCUT2D eigenvalue weighted by atomic mass is 9.99. The third-order valence-corrected chi connectivity index (χ3v) is 5.21. The van der Waals surface area contributed by atoms with Crippen molar-refractivity contribution < 1.29 is 9.53 Å². The third-order valence-electron chi connectivity index (χ3n) is 5.21. The monoisotopic (exact) mass is 367 g/mol. The van der Waals surface area contributed by atoms with Gasteiger partial charge in [0, 0.05) is 69.1 Å². The summed E-state index contributed by atoms with van der Waals surface area (Å²) in [5.41, 5.74) is 2.03. The zero-order valence-electron chi connectivity index (χ0n) is 15.4. The number of hydrogen-bond donors (Lipinski definition) is 1. The first kappa shape index (κ1) is 17.7. The Balaban J connectivity index is 1.31. The van der Waals surface area contributed by atoms with Crippen LogP contribution in [-0.4, -0.2) is 55.3 Å². The lowest BCUT2D eigenvalue weighted by Gasteiger charge is -2.36. The van der Waals surface area contributed by atoms with Gasteiger partial charge in [0.15, 0.2) is 0 Å². The zero-order chi connectivity index (χ0) is 18.5. The molecule has 1 N–H and O–H groups in total. The van der Waals surface area contributed by atoms with E-state index in [9.17, 15) is 4.79 Å². The molecule has 27 heavy (non-hydrogen) atoms. The molecule has 2 aromatic rings. The van der Waals surface area contributed by atoms with Crippen LogP contribution in [0.25, 0.3) is 0 Å². The zero-order valence-corrected chi connectivity index (χ0v) is 15.4. The molecule has 0 aliphatic carbocycles. The lowest BCUT2D eigenvalue weighted by Crippen LogP contribution is -2.47. The number of hydrogen-bond acceptors (Lipinski definition) is 6. The van der Waals surface area contributed by atoms with Crippen molar-refractivity contribution in [3.05, 3.63) is 42.7 Å². The van der Waals surface area contributed by atoms with Crippen LogP contribution in [0.5, 0.6) is 0 Å². The van der Waals surface area contributed by atoms with Crippen molar-refractivity contribution in [3.63, 3.8) is 0 Å². The van der Waals surface area contributed by atoms with Crippen LogP contribution in [-0.2, 0) is 9.53 Å². The highest BCUT2D eigenvalue weighted by Crippen LogP contribution is 2.22. The number of carbonyl (C=O) groups is 1. The summed E-state index contributed by atoms with van der Waals surface area (Å²) in [7, 11) is 0. The number of carbonyl (C=O) groups excluding carboxylic acids is 1. The van der Waals surface area contributed by atoms with Crippen LogP contribution in [0.2, 0.25) is 0 Å². The third kappa shape index (κ3) is 4.36. The van der Waals surface area contributed by atoms with Gasteiger partial charge >= 0.3 is 0 Å². The first-order valence-corrected chi connectivity index (χ1v) is 9.55. The Hall–Kier alpha value is -2.67. The van der Waals surface area contributed by atoms with Crippen molar-refractivity contribution >= 4 is 23.2 Å². The minimum absolute atomic E-state index is 0.0618. The molecule has 0 radical (unpaired) electrons.